The molecule has 156 valence electrons. The van der Waals surface area contributed by atoms with Crippen molar-refractivity contribution in [1.29, 1.82) is 0 Å². The Kier molecular flexibility index (Phi) is 10.1. The molecule has 0 saturated heterocycles. The molecular formula is C21H34N4O2S. The first-order valence-electron chi connectivity index (χ1n) is 9.82. The number of carbonyl (C=O) groups is 2. The highest BCUT2D eigenvalue weighted by Gasteiger charge is 2.17. The van der Waals surface area contributed by atoms with E-state index in [-0.39, 0.29) is 17.9 Å². The Bertz CT molecular complexity index is 769. The van der Waals surface area contributed by atoms with Crippen LogP contribution in [0.2, 0.25) is 0 Å². The molecule has 1 aromatic heterocycles. The third-order valence-electron chi connectivity index (χ3n) is 4.62. The van der Waals surface area contributed by atoms with Crippen LogP contribution < -0.4 is 16.8 Å². The monoisotopic (exact) mass is 406 g/mol. The van der Waals surface area contributed by atoms with Gasteiger partial charge in [-0.15, -0.1) is 11.3 Å². The minimum Gasteiger partial charge on any atom is -0.370 e. The molecule has 2 amide bonds. The molecule has 2 unspecified atom stereocenters. The zero-order chi connectivity index (χ0) is 21.3. The maximum atomic E-state index is 12.2. The van der Waals surface area contributed by atoms with Gasteiger partial charge in [-0.05, 0) is 29.5 Å². The molecule has 2 atom stereocenters. The SMILES string of the molecule is CC(N)=O.CCC(C)C(CN)NC(=O)CCc1nc2ccc(C(C)C)cc2s1. The lowest BCUT2D eigenvalue weighted by Crippen LogP contribution is -2.44. The summed E-state index contributed by atoms with van der Waals surface area (Å²) in [5, 5.41) is 4.08. The topological polar surface area (TPSA) is 111 Å². The third-order valence-corrected chi connectivity index (χ3v) is 5.70. The lowest BCUT2D eigenvalue weighted by Gasteiger charge is -2.22. The number of amides is 2. The van der Waals surface area contributed by atoms with Crippen LogP contribution in [-0.2, 0) is 16.0 Å². The number of nitrogens with two attached hydrogens (primary N) is 2. The van der Waals surface area contributed by atoms with E-state index in [1.165, 1.54) is 17.2 Å². The molecule has 6 nitrogen and oxygen atoms in total. The molecule has 0 aliphatic carbocycles. The van der Waals surface area contributed by atoms with Crippen molar-refractivity contribution in [2.75, 3.05) is 6.54 Å². The number of nitrogens with zero attached hydrogens (tertiary/aromatic N) is 1. The average Bonchev–Trinajstić information content (AvgIpc) is 3.05. The Morgan fingerprint density at radius 3 is 2.43 bits per heavy atom. The largest absolute Gasteiger partial charge is 0.370 e. The smallest absolute Gasteiger partial charge is 0.220 e. The van der Waals surface area contributed by atoms with E-state index in [9.17, 15) is 9.59 Å². The van der Waals surface area contributed by atoms with Gasteiger partial charge in [0.15, 0.2) is 0 Å². The molecule has 0 aliphatic rings. The standard InChI is InChI=1S/C19H29N3OS.C2H5NO/c1-5-13(4)16(11-20)21-18(23)8-9-19-22-15-7-6-14(12(2)3)10-17(15)24-19;1-2(3)4/h6-7,10,12-13,16H,5,8-9,11,20H2,1-4H3,(H,21,23);1H3,(H2,3,4). The maximum Gasteiger partial charge on any atom is 0.220 e. The van der Waals surface area contributed by atoms with E-state index in [0.717, 1.165) is 16.9 Å². The fourth-order valence-electron chi connectivity index (χ4n) is 2.67. The number of fused-ring (bicyclic) bond motifs is 1. The van der Waals surface area contributed by atoms with Crippen LogP contribution in [0.5, 0.6) is 0 Å². The Hall–Kier alpha value is -1.99. The molecule has 2 rings (SSSR count). The molecule has 0 spiro atoms. The summed E-state index contributed by atoms with van der Waals surface area (Å²) in [5.74, 6) is 0.642. The van der Waals surface area contributed by atoms with Crippen molar-refractivity contribution in [3.05, 3.63) is 28.8 Å². The van der Waals surface area contributed by atoms with Crippen molar-refractivity contribution >= 4 is 33.4 Å². The van der Waals surface area contributed by atoms with Crippen molar-refractivity contribution < 1.29 is 9.59 Å². The Morgan fingerprint density at radius 2 is 1.89 bits per heavy atom. The van der Waals surface area contributed by atoms with Gasteiger partial charge >= 0.3 is 0 Å². The van der Waals surface area contributed by atoms with Crippen LogP contribution in [0.1, 0.15) is 63.9 Å². The highest BCUT2D eigenvalue weighted by molar-refractivity contribution is 7.18. The van der Waals surface area contributed by atoms with E-state index in [1.807, 2.05) is 0 Å². The predicted octanol–water partition coefficient (Wildman–Crippen LogP) is 3.33. The van der Waals surface area contributed by atoms with Gasteiger partial charge in [0.1, 0.15) is 0 Å². The van der Waals surface area contributed by atoms with Crippen LogP contribution >= 0.6 is 11.3 Å². The normalized spacial score (nSPS) is 13.0. The number of hydrogen-bond acceptors (Lipinski definition) is 5. The van der Waals surface area contributed by atoms with Crippen LogP contribution in [0.4, 0.5) is 0 Å². The van der Waals surface area contributed by atoms with Crippen LogP contribution in [0.15, 0.2) is 18.2 Å². The van der Waals surface area contributed by atoms with E-state index in [1.54, 1.807) is 11.3 Å². The average molecular weight is 407 g/mol. The summed E-state index contributed by atoms with van der Waals surface area (Å²) in [5.41, 5.74) is 12.6. The quantitative estimate of drug-likeness (QED) is 0.624. The van der Waals surface area contributed by atoms with Gasteiger partial charge in [-0.1, -0.05) is 40.2 Å². The van der Waals surface area contributed by atoms with Gasteiger partial charge in [0, 0.05) is 32.4 Å². The van der Waals surface area contributed by atoms with Gasteiger partial charge in [0.25, 0.3) is 0 Å². The van der Waals surface area contributed by atoms with Crippen molar-refractivity contribution in [2.24, 2.45) is 17.4 Å². The first kappa shape index (κ1) is 24.0. The molecule has 0 radical (unpaired) electrons. The zero-order valence-electron chi connectivity index (χ0n) is 17.6. The molecular weight excluding hydrogens is 372 g/mol. The minimum atomic E-state index is -0.333. The van der Waals surface area contributed by atoms with Gasteiger partial charge in [0.2, 0.25) is 11.8 Å². The molecule has 0 saturated carbocycles. The summed E-state index contributed by atoms with van der Waals surface area (Å²) in [7, 11) is 0. The zero-order valence-corrected chi connectivity index (χ0v) is 18.4. The predicted molar refractivity (Wildman–Crippen MR) is 117 cm³/mol. The van der Waals surface area contributed by atoms with E-state index in [4.69, 9.17) is 5.73 Å². The highest BCUT2D eigenvalue weighted by atomic mass is 32.1. The molecule has 1 aromatic carbocycles. The van der Waals surface area contributed by atoms with Crippen LogP contribution in [0.3, 0.4) is 0 Å². The summed E-state index contributed by atoms with van der Waals surface area (Å²) in [6.07, 6.45) is 2.15. The molecule has 28 heavy (non-hydrogen) atoms. The number of aryl methyl sites for hydroxylation is 1. The number of primary amides is 1. The van der Waals surface area contributed by atoms with Gasteiger partial charge in [-0.2, -0.15) is 0 Å². The number of benzene rings is 1. The van der Waals surface area contributed by atoms with E-state index in [0.29, 0.717) is 31.2 Å². The number of nitrogens with one attached hydrogen (secondary N) is 1. The van der Waals surface area contributed by atoms with Crippen LogP contribution in [0.25, 0.3) is 10.2 Å². The second-order valence-electron chi connectivity index (χ2n) is 7.40. The molecule has 1 heterocycles. The first-order valence-corrected chi connectivity index (χ1v) is 10.6. The van der Waals surface area contributed by atoms with E-state index >= 15 is 0 Å². The van der Waals surface area contributed by atoms with Crippen LogP contribution in [0, 0.1) is 5.92 Å². The molecule has 2 aromatic rings. The molecule has 0 aliphatic heterocycles. The second-order valence-corrected chi connectivity index (χ2v) is 8.51. The van der Waals surface area contributed by atoms with Crippen molar-refractivity contribution in [2.45, 2.75) is 65.8 Å². The Labute approximate surface area is 172 Å². The summed E-state index contributed by atoms with van der Waals surface area (Å²) in [4.78, 5) is 26.0. The summed E-state index contributed by atoms with van der Waals surface area (Å²) < 4.78 is 1.20. The van der Waals surface area contributed by atoms with Gasteiger partial charge in [0.05, 0.1) is 15.2 Å². The molecule has 0 fully saturated rings. The first-order chi connectivity index (χ1) is 13.2. The minimum absolute atomic E-state index is 0.0615. The lowest BCUT2D eigenvalue weighted by atomic mass is 9.99. The van der Waals surface area contributed by atoms with Crippen LogP contribution in [-0.4, -0.2) is 29.4 Å². The van der Waals surface area contributed by atoms with E-state index < -0.39 is 0 Å². The Morgan fingerprint density at radius 1 is 1.25 bits per heavy atom. The van der Waals surface area contributed by atoms with Crippen molar-refractivity contribution in [3.63, 3.8) is 0 Å². The number of aromatic nitrogens is 1. The number of hydrogen-bond donors (Lipinski definition) is 3. The molecule has 7 heteroatoms. The number of thiazole rings is 1. The molecule has 0 bridgehead atoms. The van der Waals surface area contributed by atoms with Gasteiger partial charge in [-0.25, -0.2) is 4.98 Å². The number of rotatable bonds is 8. The fourth-order valence-corrected chi connectivity index (χ4v) is 3.69. The lowest BCUT2D eigenvalue weighted by molar-refractivity contribution is -0.122. The van der Waals surface area contributed by atoms with Gasteiger partial charge < -0.3 is 16.8 Å². The number of carbonyl (C=O) groups excluding carboxylic acids is 2. The Balaban J connectivity index is 0.000000892. The summed E-state index contributed by atoms with van der Waals surface area (Å²) >= 11 is 1.69. The second kappa shape index (κ2) is 11.8. The van der Waals surface area contributed by atoms with E-state index in [2.05, 4.69) is 61.9 Å². The van der Waals surface area contributed by atoms with Crippen molar-refractivity contribution in [1.82, 2.24) is 10.3 Å². The third kappa shape index (κ3) is 7.94. The fraction of sp³-hybridized carbons (Fsp3) is 0.571. The van der Waals surface area contributed by atoms with Crippen molar-refractivity contribution in [3.8, 4) is 0 Å². The maximum absolute atomic E-state index is 12.2. The highest BCUT2D eigenvalue weighted by Crippen LogP contribution is 2.26. The molecule has 5 N–H and O–H groups in total. The summed E-state index contributed by atoms with van der Waals surface area (Å²) in [6, 6.07) is 6.50. The summed E-state index contributed by atoms with van der Waals surface area (Å²) in [6.45, 7) is 10.4. The van der Waals surface area contributed by atoms with Gasteiger partial charge in [-0.3, -0.25) is 9.59 Å².